The van der Waals surface area contributed by atoms with Crippen LogP contribution in [0.2, 0.25) is 0 Å². The van der Waals surface area contributed by atoms with Gasteiger partial charge in [0, 0.05) is 43.2 Å². The number of carboxylic acids is 1. The third kappa shape index (κ3) is 8.75. The SMILES string of the molecule is O=C(C=CN1CCCCC1)c1ccc(OCc2ccc(F)cc2)nc1.O=C(O)C(F)(F)F. The summed E-state index contributed by atoms with van der Waals surface area (Å²) in [5, 5.41) is 7.12. The molecule has 0 atom stereocenters. The van der Waals surface area contributed by atoms with E-state index in [1.807, 2.05) is 6.20 Å². The zero-order chi connectivity index (χ0) is 23.6. The number of aromatic nitrogens is 1. The number of carboxylic acid groups (broad SMARTS) is 1. The Morgan fingerprint density at radius 3 is 2.22 bits per heavy atom. The van der Waals surface area contributed by atoms with Crippen LogP contribution in [0.15, 0.2) is 54.9 Å². The van der Waals surface area contributed by atoms with Crippen molar-refractivity contribution in [3.8, 4) is 5.88 Å². The Bertz CT molecular complexity index is 907. The van der Waals surface area contributed by atoms with Gasteiger partial charge in [-0.1, -0.05) is 12.1 Å². The maximum Gasteiger partial charge on any atom is 0.490 e. The van der Waals surface area contributed by atoms with Gasteiger partial charge in [0.1, 0.15) is 12.4 Å². The first-order valence-electron chi connectivity index (χ1n) is 9.75. The van der Waals surface area contributed by atoms with Crippen molar-refractivity contribution in [1.82, 2.24) is 9.88 Å². The van der Waals surface area contributed by atoms with Gasteiger partial charge in [-0.3, -0.25) is 4.79 Å². The van der Waals surface area contributed by atoms with E-state index in [0.717, 1.165) is 18.7 Å². The molecule has 172 valence electrons. The summed E-state index contributed by atoms with van der Waals surface area (Å²) < 4.78 is 50.1. The Balaban J connectivity index is 0.000000451. The van der Waals surface area contributed by atoms with Crippen molar-refractivity contribution in [2.45, 2.75) is 32.0 Å². The normalized spacial score (nSPS) is 13.9. The van der Waals surface area contributed by atoms with Gasteiger partial charge in [0.25, 0.3) is 0 Å². The molecule has 0 unspecified atom stereocenters. The molecule has 1 fully saturated rings. The Kier molecular flexibility index (Phi) is 9.18. The molecule has 6 nitrogen and oxygen atoms in total. The first-order valence-corrected chi connectivity index (χ1v) is 9.75. The quantitative estimate of drug-likeness (QED) is 0.390. The molecule has 0 saturated carbocycles. The van der Waals surface area contributed by atoms with E-state index in [4.69, 9.17) is 14.6 Å². The largest absolute Gasteiger partial charge is 0.490 e. The Labute approximate surface area is 182 Å². The molecule has 2 aromatic rings. The average Bonchev–Trinajstić information content (AvgIpc) is 2.78. The molecule has 0 bridgehead atoms. The molecular weight excluding hydrogens is 432 g/mol. The van der Waals surface area contributed by atoms with E-state index in [9.17, 15) is 22.4 Å². The summed E-state index contributed by atoms with van der Waals surface area (Å²) in [6, 6.07) is 9.49. The van der Waals surface area contributed by atoms with Crippen LogP contribution in [0.4, 0.5) is 17.6 Å². The molecule has 1 saturated heterocycles. The lowest BCUT2D eigenvalue weighted by molar-refractivity contribution is -0.192. The summed E-state index contributed by atoms with van der Waals surface area (Å²) in [6.45, 7) is 2.33. The number of ketones is 1. The minimum absolute atomic E-state index is 0.0665. The molecule has 0 radical (unpaired) electrons. The molecule has 32 heavy (non-hydrogen) atoms. The van der Waals surface area contributed by atoms with Crippen LogP contribution < -0.4 is 4.74 Å². The highest BCUT2D eigenvalue weighted by Crippen LogP contribution is 2.14. The zero-order valence-corrected chi connectivity index (χ0v) is 17.0. The molecule has 10 heteroatoms. The van der Waals surface area contributed by atoms with Crippen molar-refractivity contribution < 1.29 is 37.0 Å². The van der Waals surface area contributed by atoms with Crippen LogP contribution in [0.25, 0.3) is 0 Å². The number of carbonyl (C=O) groups is 2. The van der Waals surface area contributed by atoms with Crippen LogP contribution in [0.1, 0.15) is 35.2 Å². The third-order valence-electron chi connectivity index (χ3n) is 4.39. The number of carbonyl (C=O) groups excluding carboxylic acids is 1. The smallest absolute Gasteiger partial charge is 0.475 e. The van der Waals surface area contributed by atoms with Gasteiger partial charge in [-0.25, -0.2) is 14.2 Å². The number of benzene rings is 1. The van der Waals surface area contributed by atoms with Crippen LogP contribution in [0.5, 0.6) is 5.88 Å². The Hall–Kier alpha value is -3.43. The van der Waals surface area contributed by atoms with E-state index in [-0.39, 0.29) is 11.6 Å². The second-order valence-electron chi connectivity index (χ2n) is 6.88. The summed E-state index contributed by atoms with van der Waals surface area (Å²) in [5.74, 6) is -2.67. The number of piperidine rings is 1. The van der Waals surface area contributed by atoms with E-state index in [2.05, 4.69) is 9.88 Å². The fourth-order valence-corrected chi connectivity index (χ4v) is 2.69. The molecule has 0 amide bonds. The minimum atomic E-state index is -5.08. The lowest BCUT2D eigenvalue weighted by Crippen LogP contribution is -2.24. The van der Waals surface area contributed by atoms with Gasteiger partial charge in [0.2, 0.25) is 5.88 Å². The summed E-state index contributed by atoms with van der Waals surface area (Å²) >= 11 is 0. The number of ether oxygens (including phenoxy) is 1. The van der Waals surface area contributed by atoms with Crippen LogP contribution in [0.3, 0.4) is 0 Å². The van der Waals surface area contributed by atoms with Crippen molar-refractivity contribution in [2.75, 3.05) is 13.1 Å². The molecule has 1 aliphatic rings. The lowest BCUT2D eigenvalue weighted by atomic mass is 10.1. The summed E-state index contributed by atoms with van der Waals surface area (Å²) in [4.78, 5) is 27.4. The topological polar surface area (TPSA) is 79.7 Å². The highest BCUT2D eigenvalue weighted by atomic mass is 19.4. The van der Waals surface area contributed by atoms with Crippen molar-refractivity contribution in [3.05, 3.63) is 71.8 Å². The van der Waals surface area contributed by atoms with Crippen molar-refractivity contribution in [1.29, 1.82) is 0 Å². The maximum absolute atomic E-state index is 12.9. The number of hydrogen-bond acceptors (Lipinski definition) is 5. The fraction of sp³-hybridized carbons (Fsp3) is 0.318. The predicted octanol–water partition coefficient (Wildman–Crippen LogP) is 4.62. The molecular formula is C22H22F4N2O4. The second kappa shape index (κ2) is 11.8. The van der Waals surface area contributed by atoms with Gasteiger partial charge < -0.3 is 14.7 Å². The van der Waals surface area contributed by atoms with E-state index in [1.165, 1.54) is 37.6 Å². The number of alkyl halides is 3. The number of pyridine rings is 1. The zero-order valence-electron chi connectivity index (χ0n) is 17.0. The number of halogens is 4. The second-order valence-corrected chi connectivity index (χ2v) is 6.88. The Morgan fingerprint density at radius 2 is 1.69 bits per heavy atom. The van der Waals surface area contributed by atoms with E-state index >= 15 is 0 Å². The molecule has 1 aliphatic heterocycles. The first kappa shape index (κ1) is 24.8. The van der Waals surface area contributed by atoms with Crippen LogP contribution >= 0.6 is 0 Å². The van der Waals surface area contributed by atoms with E-state index in [1.54, 1.807) is 30.3 Å². The predicted molar refractivity (Wildman–Crippen MR) is 108 cm³/mol. The van der Waals surface area contributed by atoms with Crippen molar-refractivity contribution in [2.24, 2.45) is 0 Å². The lowest BCUT2D eigenvalue weighted by Gasteiger charge is -2.24. The Morgan fingerprint density at radius 1 is 1.06 bits per heavy atom. The number of hydrogen-bond donors (Lipinski definition) is 1. The number of aliphatic carboxylic acids is 1. The molecule has 1 N–H and O–H groups in total. The minimum Gasteiger partial charge on any atom is -0.475 e. The number of likely N-dealkylation sites (tertiary alicyclic amines) is 1. The summed E-state index contributed by atoms with van der Waals surface area (Å²) in [7, 11) is 0. The van der Waals surface area contributed by atoms with Crippen LogP contribution in [0, 0.1) is 5.82 Å². The van der Waals surface area contributed by atoms with Crippen LogP contribution in [-0.2, 0) is 11.4 Å². The third-order valence-corrected chi connectivity index (χ3v) is 4.39. The summed E-state index contributed by atoms with van der Waals surface area (Å²) in [5.41, 5.74) is 1.38. The number of allylic oxidation sites excluding steroid dienone is 1. The number of nitrogens with zero attached hydrogens (tertiary/aromatic N) is 2. The van der Waals surface area contributed by atoms with Crippen molar-refractivity contribution >= 4 is 11.8 Å². The molecule has 1 aromatic carbocycles. The highest BCUT2D eigenvalue weighted by molar-refractivity contribution is 6.04. The molecule has 0 aliphatic carbocycles. The molecule has 2 heterocycles. The van der Waals surface area contributed by atoms with E-state index in [0.29, 0.717) is 18.1 Å². The highest BCUT2D eigenvalue weighted by Gasteiger charge is 2.38. The average molecular weight is 454 g/mol. The van der Waals surface area contributed by atoms with Gasteiger partial charge in [-0.15, -0.1) is 0 Å². The van der Waals surface area contributed by atoms with Gasteiger partial charge >= 0.3 is 12.1 Å². The fourth-order valence-electron chi connectivity index (χ4n) is 2.69. The first-order chi connectivity index (χ1) is 15.1. The van der Waals surface area contributed by atoms with Gasteiger partial charge in [0.05, 0.1) is 0 Å². The van der Waals surface area contributed by atoms with Gasteiger partial charge in [-0.2, -0.15) is 13.2 Å². The van der Waals surface area contributed by atoms with Crippen LogP contribution in [-0.4, -0.2) is 46.0 Å². The van der Waals surface area contributed by atoms with E-state index < -0.39 is 12.1 Å². The molecule has 0 spiro atoms. The maximum atomic E-state index is 12.9. The standard InChI is InChI=1S/C20H21FN2O2.C2HF3O2/c21-18-7-4-16(5-8-18)15-25-20-9-6-17(14-22-20)19(24)10-13-23-11-2-1-3-12-23;3-2(4,5)1(6)7/h4-10,13-14H,1-3,11-12,15H2;(H,6,7). The molecule has 1 aromatic heterocycles. The van der Waals surface area contributed by atoms with Crippen molar-refractivity contribution in [3.63, 3.8) is 0 Å². The van der Waals surface area contributed by atoms with Gasteiger partial charge in [-0.05, 0) is 43.0 Å². The number of rotatable bonds is 6. The molecule has 3 rings (SSSR count). The van der Waals surface area contributed by atoms with Gasteiger partial charge in [0.15, 0.2) is 5.78 Å². The monoisotopic (exact) mass is 454 g/mol. The summed E-state index contributed by atoms with van der Waals surface area (Å²) in [6.07, 6.45) is 3.53.